The number of benzene rings is 2. The van der Waals surface area contributed by atoms with Gasteiger partial charge in [0.05, 0.1) is 16.5 Å². The molecule has 29 heavy (non-hydrogen) atoms. The van der Waals surface area contributed by atoms with Gasteiger partial charge in [-0.1, -0.05) is 65.4 Å². The number of nitrogens with zero attached hydrogens (tertiary/aromatic N) is 1. The predicted molar refractivity (Wildman–Crippen MR) is 124 cm³/mol. The molecule has 1 fully saturated rings. The van der Waals surface area contributed by atoms with Gasteiger partial charge in [0.15, 0.2) is 11.5 Å². The Morgan fingerprint density at radius 2 is 1.90 bits per heavy atom. The van der Waals surface area contributed by atoms with Gasteiger partial charge in [-0.2, -0.15) is 0 Å². The highest BCUT2D eigenvalue weighted by Gasteiger charge is 2.30. The van der Waals surface area contributed by atoms with E-state index in [9.17, 15) is 4.79 Å². The summed E-state index contributed by atoms with van der Waals surface area (Å²) in [5, 5.41) is 1.01. The smallest absolute Gasteiger partial charge is 0.266 e. The van der Waals surface area contributed by atoms with E-state index in [1.165, 1.54) is 11.8 Å². The Morgan fingerprint density at radius 3 is 2.55 bits per heavy atom. The van der Waals surface area contributed by atoms with Crippen molar-refractivity contribution in [3.8, 4) is 11.5 Å². The maximum absolute atomic E-state index is 12.5. The van der Waals surface area contributed by atoms with Gasteiger partial charge in [0.25, 0.3) is 5.91 Å². The average molecular weight is 468 g/mol. The van der Waals surface area contributed by atoms with Crippen molar-refractivity contribution < 1.29 is 14.3 Å². The summed E-state index contributed by atoms with van der Waals surface area (Å²) in [6, 6.07) is 11.0. The summed E-state index contributed by atoms with van der Waals surface area (Å²) in [6.45, 7) is 5.02. The molecule has 0 N–H and O–H groups in total. The van der Waals surface area contributed by atoms with Crippen molar-refractivity contribution in [3.05, 3.63) is 62.5 Å². The van der Waals surface area contributed by atoms with Crippen molar-refractivity contribution in [2.45, 2.75) is 20.5 Å². The van der Waals surface area contributed by atoms with E-state index in [0.717, 1.165) is 11.1 Å². The van der Waals surface area contributed by atoms with Crippen LogP contribution >= 0.6 is 47.2 Å². The monoisotopic (exact) mass is 467 g/mol. The van der Waals surface area contributed by atoms with Crippen LogP contribution in [0.1, 0.15) is 25.0 Å². The number of rotatable bonds is 7. The summed E-state index contributed by atoms with van der Waals surface area (Å²) in [4.78, 5) is 14.6. The van der Waals surface area contributed by atoms with E-state index in [1.54, 1.807) is 29.2 Å². The zero-order chi connectivity index (χ0) is 21.0. The predicted octanol–water partition coefficient (Wildman–Crippen LogP) is 6.19. The lowest BCUT2D eigenvalue weighted by Gasteiger charge is -2.15. The zero-order valence-electron chi connectivity index (χ0n) is 15.9. The highest BCUT2D eigenvalue weighted by molar-refractivity contribution is 8.26. The number of amides is 1. The van der Waals surface area contributed by atoms with Crippen LogP contribution in [0.4, 0.5) is 0 Å². The largest absolute Gasteiger partial charge is 0.490 e. The Labute approximate surface area is 189 Å². The van der Waals surface area contributed by atoms with Crippen molar-refractivity contribution in [2.24, 2.45) is 0 Å². The fraction of sp³-hybridized carbons (Fsp3) is 0.238. The molecular formula is C21H19Cl2NO3S2. The van der Waals surface area contributed by atoms with E-state index in [0.29, 0.717) is 43.9 Å². The number of ether oxygens (including phenoxy) is 2. The lowest BCUT2D eigenvalue weighted by atomic mass is 10.1. The van der Waals surface area contributed by atoms with Crippen LogP contribution in [-0.2, 0) is 11.4 Å². The first-order chi connectivity index (χ1) is 13.9. The number of hydrogen-bond donors (Lipinski definition) is 0. The molecule has 3 rings (SSSR count). The van der Waals surface area contributed by atoms with Gasteiger partial charge in [0, 0.05) is 17.1 Å². The third-order valence-electron chi connectivity index (χ3n) is 4.15. The molecule has 1 saturated heterocycles. The molecule has 8 heteroatoms. The van der Waals surface area contributed by atoms with Crippen molar-refractivity contribution in [3.63, 3.8) is 0 Å². The maximum Gasteiger partial charge on any atom is 0.266 e. The molecule has 0 saturated carbocycles. The first-order valence-corrected chi connectivity index (χ1v) is 11.0. The van der Waals surface area contributed by atoms with Gasteiger partial charge in [-0.25, -0.2) is 0 Å². The van der Waals surface area contributed by atoms with Crippen LogP contribution in [0.25, 0.3) is 6.08 Å². The van der Waals surface area contributed by atoms with E-state index < -0.39 is 0 Å². The van der Waals surface area contributed by atoms with Gasteiger partial charge in [0.2, 0.25) is 0 Å². The molecule has 2 aromatic rings. The van der Waals surface area contributed by atoms with Gasteiger partial charge >= 0.3 is 0 Å². The normalized spacial score (nSPS) is 15.3. The Bertz CT molecular complexity index is 978. The molecule has 2 aromatic carbocycles. The molecule has 1 heterocycles. The van der Waals surface area contributed by atoms with Crippen LogP contribution in [0.2, 0.25) is 10.0 Å². The van der Waals surface area contributed by atoms with Crippen molar-refractivity contribution in [1.82, 2.24) is 4.90 Å². The second kappa shape index (κ2) is 9.85. The third kappa shape index (κ3) is 5.07. The van der Waals surface area contributed by atoms with Crippen molar-refractivity contribution >= 4 is 63.5 Å². The van der Waals surface area contributed by atoms with E-state index in [2.05, 4.69) is 0 Å². The first kappa shape index (κ1) is 22.0. The zero-order valence-corrected chi connectivity index (χ0v) is 19.1. The second-order valence-corrected chi connectivity index (χ2v) is 8.56. The summed E-state index contributed by atoms with van der Waals surface area (Å²) in [5.41, 5.74) is 1.58. The Kier molecular flexibility index (Phi) is 7.46. The minimum atomic E-state index is -0.101. The van der Waals surface area contributed by atoms with Crippen LogP contribution in [0.3, 0.4) is 0 Å². The molecule has 1 aliphatic heterocycles. The van der Waals surface area contributed by atoms with Crippen LogP contribution in [0.15, 0.2) is 41.3 Å². The van der Waals surface area contributed by atoms with Crippen LogP contribution in [0, 0.1) is 0 Å². The topological polar surface area (TPSA) is 38.8 Å². The lowest BCUT2D eigenvalue weighted by Crippen LogP contribution is -2.27. The van der Waals surface area contributed by atoms with E-state index in [4.69, 9.17) is 44.9 Å². The molecule has 4 nitrogen and oxygen atoms in total. The standard InChI is InChI=1S/C21H19Cl2NO3S2/c1-3-24-20(25)18(29-21(24)28)11-13-9-16(23)19(17(10-13)26-4-2)27-12-14-7-5-6-8-15(14)22/h5-11H,3-4,12H2,1-2H3. The summed E-state index contributed by atoms with van der Waals surface area (Å²) < 4.78 is 12.2. The fourth-order valence-electron chi connectivity index (χ4n) is 2.76. The minimum absolute atomic E-state index is 0.101. The number of halogens is 2. The molecule has 152 valence electrons. The number of thioether (sulfide) groups is 1. The quantitative estimate of drug-likeness (QED) is 0.358. The maximum atomic E-state index is 12.5. The molecule has 0 atom stereocenters. The van der Waals surface area contributed by atoms with E-state index >= 15 is 0 Å². The highest BCUT2D eigenvalue weighted by Crippen LogP contribution is 2.39. The number of hydrogen-bond acceptors (Lipinski definition) is 5. The molecular weight excluding hydrogens is 449 g/mol. The van der Waals surface area contributed by atoms with Crippen LogP contribution < -0.4 is 9.47 Å². The van der Waals surface area contributed by atoms with Gasteiger partial charge < -0.3 is 9.47 Å². The van der Waals surface area contributed by atoms with Gasteiger partial charge in [-0.3, -0.25) is 9.69 Å². The summed E-state index contributed by atoms with van der Waals surface area (Å²) in [5.74, 6) is 0.839. The lowest BCUT2D eigenvalue weighted by molar-refractivity contribution is -0.121. The molecule has 1 amide bonds. The Balaban J connectivity index is 1.89. The second-order valence-electron chi connectivity index (χ2n) is 6.07. The van der Waals surface area contributed by atoms with E-state index in [1.807, 2.05) is 32.0 Å². The summed E-state index contributed by atoms with van der Waals surface area (Å²) in [6.07, 6.45) is 1.77. The minimum Gasteiger partial charge on any atom is -0.490 e. The molecule has 0 radical (unpaired) electrons. The number of likely N-dealkylation sites (N-methyl/N-ethyl adjacent to an activating group) is 1. The van der Waals surface area contributed by atoms with Crippen LogP contribution in [0.5, 0.6) is 11.5 Å². The Morgan fingerprint density at radius 1 is 1.14 bits per heavy atom. The summed E-state index contributed by atoms with van der Waals surface area (Å²) >= 11 is 19.2. The molecule has 0 aliphatic carbocycles. The first-order valence-electron chi connectivity index (χ1n) is 9.02. The average Bonchev–Trinajstić information content (AvgIpc) is 2.95. The number of carbonyl (C=O) groups excluding carboxylic acids is 1. The third-order valence-corrected chi connectivity index (χ3v) is 6.18. The molecule has 0 unspecified atom stereocenters. The van der Waals surface area contributed by atoms with Gasteiger partial charge in [-0.05, 0) is 43.7 Å². The SMILES string of the molecule is CCOc1cc(C=C2SC(=S)N(CC)C2=O)cc(Cl)c1OCc1ccccc1Cl. The van der Waals surface area contributed by atoms with E-state index in [-0.39, 0.29) is 12.5 Å². The number of carbonyl (C=O) groups is 1. The molecule has 1 aliphatic rings. The van der Waals surface area contributed by atoms with Gasteiger partial charge in [0.1, 0.15) is 10.9 Å². The van der Waals surface area contributed by atoms with Crippen molar-refractivity contribution in [1.29, 1.82) is 0 Å². The number of thiocarbonyl (C=S) groups is 1. The summed E-state index contributed by atoms with van der Waals surface area (Å²) in [7, 11) is 0. The fourth-order valence-corrected chi connectivity index (χ4v) is 4.61. The van der Waals surface area contributed by atoms with Gasteiger partial charge in [-0.15, -0.1) is 0 Å². The molecule has 0 bridgehead atoms. The van der Waals surface area contributed by atoms with Crippen molar-refractivity contribution in [2.75, 3.05) is 13.2 Å². The Hall–Kier alpha value is -1.73. The highest BCUT2D eigenvalue weighted by atomic mass is 35.5. The molecule has 0 aromatic heterocycles. The molecule has 0 spiro atoms. The van der Waals surface area contributed by atoms with Crippen LogP contribution in [-0.4, -0.2) is 28.3 Å².